The predicted octanol–water partition coefficient (Wildman–Crippen LogP) is 1.35. The Kier molecular flexibility index (Phi) is 3.83. The van der Waals surface area contributed by atoms with E-state index in [0.29, 0.717) is 11.4 Å². The van der Waals surface area contributed by atoms with E-state index in [0.717, 1.165) is 0 Å². The summed E-state index contributed by atoms with van der Waals surface area (Å²) in [4.78, 5) is 19.4. The van der Waals surface area contributed by atoms with Crippen molar-refractivity contribution in [3.05, 3.63) is 23.8 Å². The van der Waals surface area contributed by atoms with Crippen LogP contribution in [0, 0.1) is 18.8 Å². The largest absolute Gasteiger partial charge is 0.481 e. The van der Waals surface area contributed by atoms with Gasteiger partial charge in [-0.3, -0.25) is 14.8 Å². The van der Waals surface area contributed by atoms with Gasteiger partial charge in [0, 0.05) is 12.4 Å². The number of aliphatic hydroxyl groups is 1. The second-order valence-electron chi connectivity index (χ2n) is 4.70. The molecule has 2 N–H and O–H groups in total. The number of nitrogens with zero attached hydrogens (tertiary/aromatic N) is 2. The van der Waals surface area contributed by atoms with Crippen LogP contribution in [0.25, 0.3) is 0 Å². The molecular weight excluding hydrogens is 220 g/mol. The van der Waals surface area contributed by atoms with Crippen LogP contribution in [0.4, 0.5) is 0 Å². The van der Waals surface area contributed by atoms with Gasteiger partial charge in [0.15, 0.2) is 0 Å². The molecule has 0 bridgehead atoms. The lowest BCUT2D eigenvalue weighted by Gasteiger charge is -2.32. The highest BCUT2D eigenvalue weighted by Gasteiger charge is 2.43. The number of aliphatic carboxylic acids is 1. The lowest BCUT2D eigenvalue weighted by Crippen LogP contribution is -2.41. The number of carboxylic acids is 1. The third-order valence-electron chi connectivity index (χ3n) is 2.90. The van der Waals surface area contributed by atoms with Gasteiger partial charge in [-0.15, -0.1) is 0 Å². The zero-order valence-electron chi connectivity index (χ0n) is 10.5. The van der Waals surface area contributed by atoms with Crippen molar-refractivity contribution in [2.75, 3.05) is 0 Å². The molecule has 5 heteroatoms. The predicted molar refractivity (Wildman–Crippen MR) is 62.3 cm³/mol. The van der Waals surface area contributed by atoms with Crippen LogP contribution >= 0.6 is 0 Å². The van der Waals surface area contributed by atoms with Crippen LogP contribution in [0.2, 0.25) is 0 Å². The minimum atomic E-state index is -1.53. The normalized spacial score (nSPS) is 16.6. The van der Waals surface area contributed by atoms with Gasteiger partial charge in [0.2, 0.25) is 0 Å². The fourth-order valence-corrected chi connectivity index (χ4v) is 2.23. The van der Waals surface area contributed by atoms with Crippen molar-refractivity contribution in [1.82, 2.24) is 9.97 Å². The second kappa shape index (κ2) is 4.79. The van der Waals surface area contributed by atoms with E-state index in [-0.39, 0.29) is 5.92 Å². The van der Waals surface area contributed by atoms with Gasteiger partial charge in [0.05, 0.1) is 17.3 Å². The van der Waals surface area contributed by atoms with E-state index in [1.54, 1.807) is 20.8 Å². The summed E-state index contributed by atoms with van der Waals surface area (Å²) in [7, 11) is 0. The van der Waals surface area contributed by atoms with Crippen molar-refractivity contribution in [2.45, 2.75) is 33.3 Å². The smallest absolute Gasteiger partial charge is 0.310 e. The summed E-state index contributed by atoms with van der Waals surface area (Å²) in [5.41, 5.74) is -0.663. The Hall–Kier alpha value is -1.49. The van der Waals surface area contributed by atoms with E-state index in [2.05, 4.69) is 9.97 Å². The minimum absolute atomic E-state index is 0.205. The van der Waals surface area contributed by atoms with Crippen LogP contribution in [-0.4, -0.2) is 26.2 Å². The van der Waals surface area contributed by atoms with Crippen molar-refractivity contribution < 1.29 is 15.0 Å². The Morgan fingerprint density at radius 2 is 1.88 bits per heavy atom. The molecule has 0 aliphatic rings. The summed E-state index contributed by atoms with van der Waals surface area (Å²) in [6, 6.07) is 0. The topological polar surface area (TPSA) is 83.3 Å². The maximum absolute atomic E-state index is 11.3. The molecule has 0 saturated heterocycles. The van der Waals surface area contributed by atoms with Crippen LogP contribution in [-0.2, 0) is 10.4 Å². The van der Waals surface area contributed by atoms with E-state index < -0.39 is 17.5 Å². The van der Waals surface area contributed by atoms with Crippen molar-refractivity contribution in [1.29, 1.82) is 0 Å². The minimum Gasteiger partial charge on any atom is -0.481 e. The average Bonchev–Trinajstić information content (AvgIpc) is 2.15. The molecule has 0 aromatic carbocycles. The number of hydrogen-bond donors (Lipinski definition) is 2. The first-order valence-electron chi connectivity index (χ1n) is 5.51. The molecule has 17 heavy (non-hydrogen) atoms. The molecular formula is C12H18N2O3. The monoisotopic (exact) mass is 238 g/mol. The van der Waals surface area contributed by atoms with Crippen molar-refractivity contribution in [2.24, 2.45) is 11.8 Å². The van der Waals surface area contributed by atoms with Gasteiger partial charge in [0.1, 0.15) is 5.60 Å². The zero-order chi connectivity index (χ0) is 13.2. The second-order valence-corrected chi connectivity index (χ2v) is 4.70. The number of aryl methyl sites for hydroxylation is 1. The molecule has 2 unspecified atom stereocenters. The molecule has 0 spiro atoms. The molecule has 1 heterocycles. The van der Waals surface area contributed by atoms with Crippen molar-refractivity contribution >= 4 is 5.97 Å². The van der Waals surface area contributed by atoms with Crippen molar-refractivity contribution in [3.8, 4) is 0 Å². The van der Waals surface area contributed by atoms with E-state index in [4.69, 9.17) is 0 Å². The van der Waals surface area contributed by atoms with E-state index >= 15 is 0 Å². The summed E-state index contributed by atoms with van der Waals surface area (Å²) >= 11 is 0. The summed E-state index contributed by atoms with van der Waals surface area (Å²) < 4.78 is 0. The van der Waals surface area contributed by atoms with Gasteiger partial charge in [-0.1, -0.05) is 13.8 Å². The number of carboxylic acid groups (broad SMARTS) is 1. The fraction of sp³-hybridized carbons (Fsp3) is 0.583. The summed E-state index contributed by atoms with van der Waals surface area (Å²) in [5, 5.41) is 19.7. The Labute approximate surface area is 101 Å². The third kappa shape index (κ3) is 2.61. The first-order valence-corrected chi connectivity index (χ1v) is 5.51. The maximum Gasteiger partial charge on any atom is 0.310 e. The average molecular weight is 238 g/mol. The molecule has 1 aromatic heterocycles. The molecule has 0 aliphatic carbocycles. The zero-order valence-corrected chi connectivity index (χ0v) is 10.5. The van der Waals surface area contributed by atoms with E-state index in [1.807, 2.05) is 0 Å². The molecule has 94 valence electrons. The fourth-order valence-electron chi connectivity index (χ4n) is 2.23. The quantitative estimate of drug-likeness (QED) is 0.827. The number of aromatic nitrogens is 2. The molecule has 0 fully saturated rings. The number of rotatable bonds is 4. The van der Waals surface area contributed by atoms with Gasteiger partial charge >= 0.3 is 5.97 Å². The lowest BCUT2D eigenvalue weighted by molar-refractivity contribution is -0.155. The summed E-state index contributed by atoms with van der Waals surface area (Å²) in [5.74, 6) is -2.16. The summed E-state index contributed by atoms with van der Waals surface area (Å²) in [6.07, 6.45) is 2.97. The molecule has 1 aromatic rings. The van der Waals surface area contributed by atoms with Crippen LogP contribution in [0.1, 0.15) is 32.2 Å². The van der Waals surface area contributed by atoms with Gasteiger partial charge in [-0.25, -0.2) is 0 Å². The Morgan fingerprint density at radius 3 is 2.29 bits per heavy atom. The number of carbonyl (C=O) groups is 1. The van der Waals surface area contributed by atoms with Gasteiger partial charge in [-0.2, -0.15) is 0 Å². The Bertz CT molecular complexity index is 416. The molecule has 0 saturated carbocycles. The highest BCUT2D eigenvalue weighted by atomic mass is 16.4. The molecule has 1 rings (SSSR count). The first kappa shape index (κ1) is 13.6. The van der Waals surface area contributed by atoms with Crippen LogP contribution < -0.4 is 0 Å². The van der Waals surface area contributed by atoms with E-state index in [1.165, 1.54) is 19.3 Å². The van der Waals surface area contributed by atoms with Crippen LogP contribution in [0.3, 0.4) is 0 Å². The maximum atomic E-state index is 11.3. The standard InChI is InChI=1S/C12H18N2O3/c1-7(2)9(11(15)16)12(4,17)10-8(3)13-5-6-14-10/h5-7,9,17H,1-4H3,(H,15,16). The Morgan fingerprint density at radius 1 is 1.35 bits per heavy atom. The molecule has 0 radical (unpaired) electrons. The highest BCUT2D eigenvalue weighted by Crippen LogP contribution is 2.34. The molecule has 2 atom stereocenters. The SMILES string of the molecule is Cc1nccnc1C(C)(O)C(C(=O)O)C(C)C. The number of hydrogen-bond acceptors (Lipinski definition) is 4. The van der Waals surface area contributed by atoms with Gasteiger partial charge in [0.25, 0.3) is 0 Å². The van der Waals surface area contributed by atoms with Gasteiger partial charge in [-0.05, 0) is 19.8 Å². The van der Waals surface area contributed by atoms with E-state index in [9.17, 15) is 15.0 Å². The van der Waals surface area contributed by atoms with Gasteiger partial charge < -0.3 is 10.2 Å². The van der Waals surface area contributed by atoms with Crippen LogP contribution in [0.15, 0.2) is 12.4 Å². The molecule has 0 aliphatic heterocycles. The van der Waals surface area contributed by atoms with Crippen molar-refractivity contribution in [3.63, 3.8) is 0 Å². The molecule has 0 amide bonds. The Balaban J connectivity index is 3.26. The first-order chi connectivity index (χ1) is 7.78. The highest BCUT2D eigenvalue weighted by molar-refractivity contribution is 5.72. The third-order valence-corrected chi connectivity index (χ3v) is 2.90. The lowest BCUT2D eigenvalue weighted by atomic mass is 9.78. The van der Waals surface area contributed by atoms with Crippen LogP contribution in [0.5, 0.6) is 0 Å². The molecule has 5 nitrogen and oxygen atoms in total. The summed E-state index contributed by atoms with van der Waals surface area (Å²) in [6.45, 7) is 6.71.